The maximum atomic E-state index is 13.5. The van der Waals surface area contributed by atoms with Gasteiger partial charge in [-0.2, -0.15) is 0 Å². The third kappa shape index (κ3) is 8.52. The Kier molecular flexibility index (Phi) is 10.5. The molecule has 1 atom stereocenters. The van der Waals surface area contributed by atoms with Gasteiger partial charge in [0.1, 0.15) is 13.3 Å². The van der Waals surface area contributed by atoms with Gasteiger partial charge in [-0.05, 0) is 19.4 Å². The first-order valence-electron chi connectivity index (χ1n) is 8.86. The van der Waals surface area contributed by atoms with Crippen LogP contribution in [0.3, 0.4) is 0 Å². The average Bonchev–Trinajstić information content (AvgIpc) is 2.66. The van der Waals surface area contributed by atoms with Crippen molar-refractivity contribution in [3.8, 4) is 0 Å². The number of carbonyl (C=O) groups excluding carboxylic acids is 3. The highest BCUT2D eigenvalue weighted by Gasteiger charge is 2.28. The van der Waals surface area contributed by atoms with Gasteiger partial charge >= 0.3 is 18.0 Å². The van der Waals surface area contributed by atoms with Gasteiger partial charge in [0, 0.05) is 6.54 Å². The van der Waals surface area contributed by atoms with E-state index in [2.05, 4.69) is 0 Å². The second kappa shape index (κ2) is 12.7. The van der Waals surface area contributed by atoms with Crippen molar-refractivity contribution < 1.29 is 33.0 Å². The van der Waals surface area contributed by atoms with E-state index in [-0.39, 0.29) is 39.2 Å². The van der Waals surface area contributed by atoms with Crippen LogP contribution in [-0.2, 0) is 30.4 Å². The Morgan fingerprint density at radius 1 is 1.00 bits per heavy atom. The largest absolute Gasteiger partial charge is 0.466 e. The quantitative estimate of drug-likeness (QED) is 0.432. The molecule has 1 rings (SSSR count). The van der Waals surface area contributed by atoms with Crippen molar-refractivity contribution in [3.05, 3.63) is 35.9 Å². The monoisotopic (exact) mass is 383 g/mol. The number of esters is 2. The molecule has 150 valence electrons. The Morgan fingerprint density at radius 2 is 1.63 bits per heavy atom. The molecule has 0 aliphatic carbocycles. The molecular weight excluding hydrogens is 357 g/mol. The van der Waals surface area contributed by atoms with Crippen LogP contribution in [0.1, 0.15) is 32.3 Å². The Labute approximate surface area is 158 Å². The minimum absolute atomic E-state index is 0.00596. The van der Waals surface area contributed by atoms with Gasteiger partial charge in [-0.15, -0.1) is 0 Å². The summed E-state index contributed by atoms with van der Waals surface area (Å²) in [5.74, 6) is -1.15. The summed E-state index contributed by atoms with van der Waals surface area (Å²) >= 11 is 0. The number of alkyl halides is 1. The van der Waals surface area contributed by atoms with Crippen LogP contribution in [0, 0.1) is 0 Å². The minimum atomic E-state index is -1.08. The molecule has 7 nitrogen and oxygen atoms in total. The molecule has 1 unspecified atom stereocenters. The Morgan fingerprint density at radius 3 is 2.22 bits per heavy atom. The first-order chi connectivity index (χ1) is 13.0. The second-order valence-electron chi connectivity index (χ2n) is 5.61. The third-order valence-corrected chi connectivity index (χ3v) is 3.63. The first kappa shape index (κ1) is 22.4. The predicted molar refractivity (Wildman–Crippen MR) is 95.6 cm³/mol. The normalized spacial score (nSPS) is 11.4. The van der Waals surface area contributed by atoms with Gasteiger partial charge in [0.25, 0.3) is 0 Å². The maximum absolute atomic E-state index is 13.5. The van der Waals surface area contributed by atoms with E-state index in [1.54, 1.807) is 38.1 Å². The summed E-state index contributed by atoms with van der Waals surface area (Å²) < 4.78 is 28.4. The van der Waals surface area contributed by atoms with Crippen molar-refractivity contribution in [2.75, 3.05) is 26.4 Å². The molecule has 0 N–H and O–H groups in total. The van der Waals surface area contributed by atoms with E-state index in [1.165, 1.54) is 0 Å². The highest BCUT2D eigenvalue weighted by molar-refractivity contribution is 5.74. The van der Waals surface area contributed by atoms with E-state index in [1.807, 2.05) is 6.07 Å². The SMILES string of the molecule is CCOC(=O)CCN(C(=O)OCc1ccccc1)C(CF)CC(=O)OCC. The standard InChI is InChI=1S/C19H26FNO6/c1-3-25-17(22)10-11-21(16(13-20)12-18(23)26-4-2)19(24)27-14-15-8-6-5-7-9-15/h5-9,16H,3-4,10-14H2,1-2H3. The fourth-order valence-electron chi connectivity index (χ4n) is 2.33. The van der Waals surface area contributed by atoms with Crippen LogP contribution in [0.15, 0.2) is 30.3 Å². The fourth-order valence-corrected chi connectivity index (χ4v) is 2.33. The number of ether oxygens (including phenoxy) is 3. The molecule has 1 aromatic carbocycles. The molecule has 27 heavy (non-hydrogen) atoms. The topological polar surface area (TPSA) is 82.1 Å². The summed E-state index contributed by atoms with van der Waals surface area (Å²) in [6.07, 6.45) is -1.27. The molecule has 0 saturated heterocycles. The zero-order chi connectivity index (χ0) is 20.1. The van der Waals surface area contributed by atoms with Crippen LogP contribution in [0.25, 0.3) is 0 Å². The smallest absolute Gasteiger partial charge is 0.410 e. The Hall–Kier alpha value is -2.64. The number of carbonyl (C=O) groups is 3. The summed E-state index contributed by atoms with van der Waals surface area (Å²) in [5, 5.41) is 0. The highest BCUT2D eigenvalue weighted by atomic mass is 19.1. The van der Waals surface area contributed by atoms with E-state index in [4.69, 9.17) is 14.2 Å². The predicted octanol–water partition coefficient (Wildman–Crippen LogP) is 2.87. The van der Waals surface area contributed by atoms with Gasteiger partial charge in [-0.25, -0.2) is 9.18 Å². The van der Waals surface area contributed by atoms with Crippen LogP contribution >= 0.6 is 0 Å². The van der Waals surface area contributed by atoms with Crippen LogP contribution in [0.2, 0.25) is 0 Å². The third-order valence-electron chi connectivity index (χ3n) is 3.63. The molecule has 0 radical (unpaired) electrons. The molecule has 0 aromatic heterocycles. The van der Waals surface area contributed by atoms with Gasteiger partial charge < -0.3 is 19.1 Å². The molecule has 0 saturated carbocycles. The fraction of sp³-hybridized carbons (Fsp3) is 0.526. The lowest BCUT2D eigenvalue weighted by atomic mass is 10.2. The van der Waals surface area contributed by atoms with E-state index in [0.717, 1.165) is 10.5 Å². The molecule has 0 bridgehead atoms. The van der Waals surface area contributed by atoms with Crippen molar-refractivity contribution >= 4 is 18.0 Å². The molecule has 8 heteroatoms. The van der Waals surface area contributed by atoms with Gasteiger partial charge in [0.15, 0.2) is 0 Å². The summed E-state index contributed by atoms with van der Waals surface area (Å²) in [6, 6.07) is 7.90. The van der Waals surface area contributed by atoms with E-state index in [0.29, 0.717) is 0 Å². The van der Waals surface area contributed by atoms with Crippen LogP contribution in [-0.4, -0.2) is 55.4 Å². The molecule has 0 heterocycles. The van der Waals surface area contributed by atoms with Crippen LogP contribution in [0.4, 0.5) is 9.18 Å². The number of amides is 1. The lowest BCUT2D eigenvalue weighted by molar-refractivity contribution is -0.144. The van der Waals surface area contributed by atoms with Gasteiger partial charge in [-0.3, -0.25) is 9.59 Å². The number of rotatable bonds is 11. The maximum Gasteiger partial charge on any atom is 0.410 e. The molecule has 1 aromatic rings. The van der Waals surface area contributed by atoms with Crippen molar-refractivity contribution in [3.63, 3.8) is 0 Å². The zero-order valence-corrected chi connectivity index (χ0v) is 15.7. The van der Waals surface area contributed by atoms with Crippen molar-refractivity contribution in [2.45, 2.75) is 39.3 Å². The summed E-state index contributed by atoms with van der Waals surface area (Å²) in [7, 11) is 0. The van der Waals surface area contributed by atoms with Gasteiger partial charge in [0.2, 0.25) is 0 Å². The number of halogens is 1. The minimum Gasteiger partial charge on any atom is -0.466 e. The summed E-state index contributed by atoms with van der Waals surface area (Å²) in [6.45, 7) is 2.55. The average molecular weight is 383 g/mol. The second-order valence-corrected chi connectivity index (χ2v) is 5.61. The van der Waals surface area contributed by atoms with E-state index in [9.17, 15) is 18.8 Å². The molecule has 0 fully saturated rings. The molecule has 0 aliphatic rings. The summed E-state index contributed by atoms with van der Waals surface area (Å²) in [4.78, 5) is 36.8. The van der Waals surface area contributed by atoms with Crippen molar-refractivity contribution in [1.82, 2.24) is 4.90 Å². The van der Waals surface area contributed by atoms with Gasteiger partial charge in [-0.1, -0.05) is 30.3 Å². The van der Waals surface area contributed by atoms with E-state index < -0.39 is 30.7 Å². The lowest BCUT2D eigenvalue weighted by Gasteiger charge is -2.28. The first-order valence-corrected chi connectivity index (χ1v) is 8.86. The van der Waals surface area contributed by atoms with Crippen LogP contribution in [0.5, 0.6) is 0 Å². The Bertz CT molecular complexity index is 595. The molecule has 1 amide bonds. The molecule has 0 aliphatic heterocycles. The number of hydrogen-bond acceptors (Lipinski definition) is 6. The number of hydrogen-bond donors (Lipinski definition) is 0. The lowest BCUT2D eigenvalue weighted by Crippen LogP contribution is -2.44. The van der Waals surface area contributed by atoms with Crippen molar-refractivity contribution in [1.29, 1.82) is 0 Å². The van der Waals surface area contributed by atoms with Crippen molar-refractivity contribution in [2.24, 2.45) is 0 Å². The highest BCUT2D eigenvalue weighted by Crippen LogP contribution is 2.12. The zero-order valence-electron chi connectivity index (χ0n) is 15.7. The molecular formula is C19H26FNO6. The van der Waals surface area contributed by atoms with Crippen LogP contribution < -0.4 is 0 Å². The van der Waals surface area contributed by atoms with Gasteiger partial charge in [0.05, 0.1) is 32.1 Å². The molecule has 0 spiro atoms. The number of benzene rings is 1. The number of nitrogens with zero attached hydrogens (tertiary/aromatic N) is 1. The summed E-state index contributed by atoms with van der Waals surface area (Å²) in [5.41, 5.74) is 0.762. The Balaban J connectivity index is 2.78. The van der Waals surface area contributed by atoms with E-state index >= 15 is 0 Å².